The van der Waals surface area contributed by atoms with Gasteiger partial charge < -0.3 is 22.9 Å². The number of halogens is 4. The highest BCUT2D eigenvalue weighted by Crippen LogP contribution is 2.17. The molecule has 0 saturated heterocycles. The van der Waals surface area contributed by atoms with Crippen LogP contribution < -0.4 is 22.9 Å². The lowest BCUT2D eigenvalue weighted by atomic mass is 10.3. The van der Waals surface area contributed by atoms with Crippen molar-refractivity contribution in [3.63, 3.8) is 0 Å². The van der Waals surface area contributed by atoms with Gasteiger partial charge in [0, 0.05) is 18.8 Å². The summed E-state index contributed by atoms with van der Waals surface area (Å²) in [5, 5.41) is 0. The molecular formula is C8H10ClF3N2O. The van der Waals surface area contributed by atoms with Crippen LogP contribution in [0.25, 0.3) is 0 Å². The normalized spacial score (nSPS) is 10.7. The Balaban J connectivity index is 0. The molecular weight excluding hydrogens is 233 g/mol. The zero-order chi connectivity index (χ0) is 10.6. The van der Waals surface area contributed by atoms with Gasteiger partial charge in [0.15, 0.2) is 6.61 Å². The maximum absolute atomic E-state index is 11.7. The Morgan fingerprint density at radius 1 is 1.47 bits per heavy atom. The molecule has 2 N–H and O–H groups in total. The number of alkyl halides is 3. The molecule has 0 saturated carbocycles. The molecule has 1 heterocycles. The first-order valence-electron chi connectivity index (χ1n) is 3.86. The van der Waals surface area contributed by atoms with Crippen LogP contribution in [-0.2, 0) is 6.54 Å². The molecule has 15 heavy (non-hydrogen) atoms. The molecule has 0 atom stereocenters. The number of ether oxygens (including phenoxy) is 1. The van der Waals surface area contributed by atoms with E-state index in [4.69, 9.17) is 5.73 Å². The van der Waals surface area contributed by atoms with Crippen LogP contribution in [0, 0.1) is 0 Å². The van der Waals surface area contributed by atoms with Gasteiger partial charge in [-0.1, -0.05) is 0 Å². The molecule has 0 bridgehead atoms. The fourth-order valence-corrected chi connectivity index (χ4v) is 0.812. The topological polar surface area (TPSA) is 48.1 Å². The lowest BCUT2D eigenvalue weighted by Crippen LogP contribution is -3.00. The van der Waals surface area contributed by atoms with Crippen LogP contribution in [0.2, 0.25) is 0 Å². The van der Waals surface area contributed by atoms with Crippen molar-refractivity contribution in [3.05, 3.63) is 23.9 Å². The first-order valence-corrected chi connectivity index (χ1v) is 3.86. The van der Waals surface area contributed by atoms with Gasteiger partial charge in [0.25, 0.3) is 0 Å². The fraction of sp³-hybridized carbons (Fsp3) is 0.375. The molecule has 1 rings (SSSR count). The van der Waals surface area contributed by atoms with Crippen molar-refractivity contribution in [2.45, 2.75) is 12.7 Å². The Morgan fingerprint density at radius 3 is 2.67 bits per heavy atom. The summed E-state index contributed by atoms with van der Waals surface area (Å²) in [4.78, 5) is 3.61. The first-order chi connectivity index (χ1) is 6.51. The number of hydrogen-bond acceptors (Lipinski definition) is 3. The van der Waals surface area contributed by atoms with Crippen LogP contribution in [0.3, 0.4) is 0 Å². The van der Waals surface area contributed by atoms with Gasteiger partial charge in [0.1, 0.15) is 0 Å². The molecule has 86 valence electrons. The van der Waals surface area contributed by atoms with Gasteiger partial charge in [0.05, 0.1) is 0 Å². The predicted octanol–water partition coefficient (Wildman–Crippen LogP) is -1.40. The van der Waals surface area contributed by atoms with Gasteiger partial charge in [-0.3, -0.25) is 0 Å². The molecule has 0 amide bonds. The summed E-state index contributed by atoms with van der Waals surface area (Å²) in [6.45, 7) is -1.10. The Morgan fingerprint density at radius 2 is 2.13 bits per heavy atom. The lowest BCUT2D eigenvalue weighted by Gasteiger charge is -2.08. The molecule has 0 spiro atoms. The maximum Gasteiger partial charge on any atom is 1.00 e. The second-order valence-corrected chi connectivity index (χ2v) is 2.61. The third-order valence-corrected chi connectivity index (χ3v) is 1.42. The second-order valence-electron chi connectivity index (χ2n) is 2.61. The van der Waals surface area contributed by atoms with Crippen LogP contribution in [0.5, 0.6) is 5.88 Å². The fourth-order valence-electron chi connectivity index (χ4n) is 0.812. The van der Waals surface area contributed by atoms with E-state index in [1.165, 1.54) is 12.3 Å². The summed E-state index contributed by atoms with van der Waals surface area (Å²) in [5.74, 6) is -0.0646. The van der Waals surface area contributed by atoms with Crippen LogP contribution in [-0.4, -0.2) is 17.8 Å². The van der Waals surface area contributed by atoms with Crippen molar-refractivity contribution in [3.8, 4) is 5.88 Å². The van der Waals surface area contributed by atoms with Crippen molar-refractivity contribution >= 4 is 0 Å². The zero-order valence-corrected chi connectivity index (χ0v) is 8.35. The number of hydrogen-bond donors (Lipinski definition) is 1. The zero-order valence-electron chi connectivity index (χ0n) is 8.59. The van der Waals surface area contributed by atoms with Gasteiger partial charge >= 0.3 is 7.60 Å². The third-order valence-electron chi connectivity index (χ3n) is 1.42. The lowest BCUT2D eigenvalue weighted by molar-refractivity contribution is -0.154. The van der Waals surface area contributed by atoms with Crippen molar-refractivity contribution in [1.82, 2.24) is 4.98 Å². The standard InChI is InChI=1S/C8H9F3N2O.ClH/c9-8(10,11)5-14-7-3-6(4-12)1-2-13-7;/h1-3H,4-5,12H2;1H. The number of rotatable bonds is 3. The predicted molar refractivity (Wildman–Crippen MR) is 44.8 cm³/mol. The van der Waals surface area contributed by atoms with E-state index in [1.807, 2.05) is 0 Å². The van der Waals surface area contributed by atoms with E-state index in [1.54, 1.807) is 6.07 Å². The Hall–Kier alpha value is -1.01. The SMILES string of the molecule is NCc1ccnc(OCC(F)(F)F)c1.[Cl-].[H+]. The highest BCUT2D eigenvalue weighted by molar-refractivity contribution is 5.20. The van der Waals surface area contributed by atoms with Crippen molar-refractivity contribution in [1.29, 1.82) is 0 Å². The molecule has 1 aromatic heterocycles. The first kappa shape index (κ1) is 14.0. The van der Waals surface area contributed by atoms with Gasteiger partial charge in [0.2, 0.25) is 5.88 Å². The number of nitrogens with two attached hydrogens (primary N) is 1. The summed E-state index contributed by atoms with van der Waals surface area (Å²) >= 11 is 0. The van der Waals surface area contributed by atoms with E-state index in [2.05, 4.69) is 9.72 Å². The maximum atomic E-state index is 11.7. The van der Waals surface area contributed by atoms with Crippen molar-refractivity contribution in [2.24, 2.45) is 5.73 Å². The van der Waals surface area contributed by atoms with Crippen LogP contribution in [0.15, 0.2) is 18.3 Å². The molecule has 3 nitrogen and oxygen atoms in total. The molecule has 0 aliphatic carbocycles. The average Bonchev–Trinajstić information content (AvgIpc) is 2.14. The van der Waals surface area contributed by atoms with Gasteiger partial charge in [-0.25, -0.2) is 4.98 Å². The van der Waals surface area contributed by atoms with Crippen molar-refractivity contribution in [2.75, 3.05) is 6.61 Å². The molecule has 0 unspecified atom stereocenters. The number of aromatic nitrogens is 1. The van der Waals surface area contributed by atoms with Crippen molar-refractivity contribution < 1.29 is 31.7 Å². The quantitative estimate of drug-likeness (QED) is 0.709. The Bertz CT molecular complexity index is 312. The minimum absolute atomic E-state index is 0. The summed E-state index contributed by atoms with van der Waals surface area (Å²) < 4.78 is 39.7. The number of nitrogens with zero attached hydrogens (tertiary/aromatic N) is 1. The molecule has 1 aromatic rings. The highest BCUT2D eigenvalue weighted by atomic mass is 35.5. The van der Waals surface area contributed by atoms with E-state index in [-0.39, 0.29) is 26.3 Å². The highest BCUT2D eigenvalue weighted by Gasteiger charge is 2.28. The molecule has 0 fully saturated rings. The van der Waals surface area contributed by atoms with E-state index in [0.29, 0.717) is 5.56 Å². The Labute approximate surface area is 92.3 Å². The van der Waals surface area contributed by atoms with Gasteiger partial charge in [-0.15, -0.1) is 0 Å². The molecule has 0 radical (unpaired) electrons. The average molecular weight is 243 g/mol. The summed E-state index contributed by atoms with van der Waals surface area (Å²) in [7, 11) is 0. The molecule has 7 heteroatoms. The van der Waals surface area contributed by atoms with Gasteiger partial charge in [-0.05, 0) is 11.6 Å². The van der Waals surface area contributed by atoms with E-state index in [9.17, 15) is 13.2 Å². The van der Waals surface area contributed by atoms with E-state index >= 15 is 0 Å². The summed E-state index contributed by atoms with van der Waals surface area (Å²) in [6, 6.07) is 2.99. The third kappa shape index (κ3) is 5.44. The van der Waals surface area contributed by atoms with Crippen LogP contribution >= 0.6 is 0 Å². The van der Waals surface area contributed by atoms with Crippen LogP contribution in [0.1, 0.15) is 6.99 Å². The molecule has 0 aliphatic rings. The minimum atomic E-state index is -4.35. The summed E-state index contributed by atoms with van der Waals surface area (Å²) in [5.41, 5.74) is 5.97. The van der Waals surface area contributed by atoms with Crippen LogP contribution in [0.4, 0.5) is 13.2 Å². The monoisotopic (exact) mass is 242 g/mol. The second kappa shape index (κ2) is 5.77. The van der Waals surface area contributed by atoms with Gasteiger partial charge in [-0.2, -0.15) is 13.2 Å². The number of pyridine rings is 1. The molecule has 0 aliphatic heterocycles. The largest absolute Gasteiger partial charge is 1.00 e. The smallest absolute Gasteiger partial charge is 1.00 e. The Kier molecular flexibility index (Phi) is 5.38. The van der Waals surface area contributed by atoms with E-state index in [0.717, 1.165) is 0 Å². The molecule has 0 aromatic carbocycles. The van der Waals surface area contributed by atoms with E-state index < -0.39 is 12.8 Å². The minimum Gasteiger partial charge on any atom is -1.00 e. The summed E-state index contributed by atoms with van der Waals surface area (Å²) in [6.07, 6.45) is -2.99.